The second-order valence-electron chi connectivity index (χ2n) is 3.43. The number of benzene rings is 1. The van der Waals surface area contributed by atoms with Gasteiger partial charge in [-0.05, 0) is 36.4 Å². The van der Waals surface area contributed by atoms with Gasteiger partial charge in [-0.15, -0.1) is 11.3 Å². The van der Waals surface area contributed by atoms with E-state index in [1.54, 1.807) is 24.3 Å². The van der Waals surface area contributed by atoms with Crippen LogP contribution < -0.4 is 5.32 Å². The Labute approximate surface area is 102 Å². The van der Waals surface area contributed by atoms with E-state index < -0.39 is 5.97 Å². The molecule has 0 bridgehead atoms. The zero-order valence-electron chi connectivity index (χ0n) is 8.81. The van der Waals surface area contributed by atoms with Gasteiger partial charge in [0.15, 0.2) is 0 Å². The molecule has 0 amide bonds. The van der Waals surface area contributed by atoms with Gasteiger partial charge < -0.3 is 10.4 Å². The third kappa shape index (κ3) is 3.04. The second kappa shape index (κ2) is 4.97. The van der Waals surface area contributed by atoms with Crippen LogP contribution in [0.15, 0.2) is 36.4 Å². The van der Waals surface area contributed by atoms with Crippen LogP contribution in [0.1, 0.15) is 14.5 Å². The molecule has 2 aromatic rings. The van der Waals surface area contributed by atoms with Crippen molar-refractivity contribution >= 4 is 23.0 Å². The highest BCUT2D eigenvalue weighted by molar-refractivity contribution is 7.13. The summed E-state index contributed by atoms with van der Waals surface area (Å²) in [6.07, 6.45) is 0. The summed E-state index contributed by atoms with van der Waals surface area (Å²) in [6.45, 7) is 0.531. The van der Waals surface area contributed by atoms with Gasteiger partial charge in [-0.1, -0.05) is 0 Å². The fourth-order valence-corrected chi connectivity index (χ4v) is 2.13. The summed E-state index contributed by atoms with van der Waals surface area (Å²) in [6, 6.07) is 9.38. The third-order valence-corrected chi connectivity index (χ3v) is 3.26. The van der Waals surface area contributed by atoms with Gasteiger partial charge in [-0.3, -0.25) is 0 Å². The van der Waals surface area contributed by atoms with E-state index in [-0.39, 0.29) is 5.82 Å². The third-order valence-electron chi connectivity index (χ3n) is 2.18. The molecule has 0 unspecified atom stereocenters. The Kier molecular flexibility index (Phi) is 3.39. The van der Waals surface area contributed by atoms with Gasteiger partial charge in [0.2, 0.25) is 0 Å². The molecule has 1 aromatic carbocycles. The Morgan fingerprint density at radius 2 is 1.94 bits per heavy atom. The van der Waals surface area contributed by atoms with Crippen LogP contribution in [0, 0.1) is 5.82 Å². The normalized spacial score (nSPS) is 10.2. The molecule has 1 heterocycles. The SMILES string of the molecule is O=C(O)c1ccc(CNc2ccc(F)cc2)s1. The van der Waals surface area contributed by atoms with Crippen LogP contribution in [0.4, 0.5) is 10.1 Å². The molecule has 0 atom stereocenters. The molecule has 0 saturated heterocycles. The van der Waals surface area contributed by atoms with Gasteiger partial charge in [0.25, 0.3) is 0 Å². The number of rotatable bonds is 4. The highest BCUT2D eigenvalue weighted by Crippen LogP contribution is 2.18. The highest BCUT2D eigenvalue weighted by atomic mass is 32.1. The van der Waals surface area contributed by atoms with E-state index in [0.29, 0.717) is 11.4 Å². The first-order valence-corrected chi connectivity index (χ1v) is 5.78. The number of aromatic carboxylic acids is 1. The fraction of sp³-hybridized carbons (Fsp3) is 0.0833. The van der Waals surface area contributed by atoms with Crippen LogP contribution in [0.3, 0.4) is 0 Å². The number of carboxylic acids is 1. The van der Waals surface area contributed by atoms with E-state index in [0.717, 1.165) is 10.6 Å². The lowest BCUT2D eigenvalue weighted by molar-refractivity contribution is 0.0702. The summed E-state index contributed by atoms with van der Waals surface area (Å²) in [5, 5.41) is 11.9. The molecule has 0 aliphatic rings. The lowest BCUT2D eigenvalue weighted by Gasteiger charge is -2.03. The number of hydrogen-bond acceptors (Lipinski definition) is 3. The molecule has 5 heteroatoms. The summed E-state index contributed by atoms with van der Waals surface area (Å²) in [7, 11) is 0. The van der Waals surface area contributed by atoms with Crippen LogP contribution in [-0.4, -0.2) is 11.1 Å². The second-order valence-corrected chi connectivity index (χ2v) is 4.60. The van der Waals surface area contributed by atoms with Crippen molar-refractivity contribution in [3.8, 4) is 0 Å². The van der Waals surface area contributed by atoms with Gasteiger partial charge in [0, 0.05) is 17.1 Å². The van der Waals surface area contributed by atoms with Crippen LogP contribution in [0.5, 0.6) is 0 Å². The fourth-order valence-electron chi connectivity index (χ4n) is 1.34. The Balaban J connectivity index is 1.97. The van der Waals surface area contributed by atoms with Crippen LogP contribution in [0.2, 0.25) is 0 Å². The monoisotopic (exact) mass is 251 g/mol. The molecule has 0 fully saturated rings. The van der Waals surface area contributed by atoms with Crippen LogP contribution in [-0.2, 0) is 6.54 Å². The van der Waals surface area contributed by atoms with Gasteiger partial charge in [0.1, 0.15) is 10.7 Å². The molecule has 0 aliphatic carbocycles. The summed E-state index contributed by atoms with van der Waals surface area (Å²) < 4.78 is 12.7. The van der Waals surface area contributed by atoms with Crippen molar-refractivity contribution in [1.82, 2.24) is 0 Å². The minimum Gasteiger partial charge on any atom is -0.477 e. The van der Waals surface area contributed by atoms with Crippen molar-refractivity contribution in [2.75, 3.05) is 5.32 Å². The first-order chi connectivity index (χ1) is 8.15. The summed E-state index contributed by atoms with van der Waals surface area (Å²) in [5.74, 6) is -1.19. The smallest absolute Gasteiger partial charge is 0.345 e. The minimum absolute atomic E-state index is 0.278. The molecule has 1 aromatic heterocycles. The van der Waals surface area contributed by atoms with Crippen LogP contribution in [0.25, 0.3) is 0 Å². The zero-order chi connectivity index (χ0) is 12.3. The Hall–Kier alpha value is -1.88. The largest absolute Gasteiger partial charge is 0.477 e. The standard InChI is InChI=1S/C12H10FNO2S/c13-8-1-3-9(4-2-8)14-7-10-5-6-11(17-10)12(15)16/h1-6,14H,7H2,(H,15,16). The van der Waals surface area contributed by atoms with Gasteiger partial charge in [-0.25, -0.2) is 9.18 Å². The van der Waals surface area contributed by atoms with Gasteiger partial charge in [-0.2, -0.15) is 0 Å². The summed E-state index contributed by atoms with van der Waals surface area (Å²) in [5.41, 5.74) is 0.802. The number of carboxylic acid groups (broad SMARTS) is 1. The number of halogens is 1. The predicted octanol–water partition coefficient (Wildman–Crippen LogP) is 3.20. The van der Waals surface area contributed by atoms with Crippen molar-refractivity contribution in [1.29, 1.82) is 0 Å². The predicted molar refractivity (Wildman–Crippen MR) is 65.0 cm³/mol. The first kappa shape index (κ1) is 11.6. The van der Waals surface area contributed by atoms with E-state index in [2.05, 4.69) is 5.32 Å². The zero-order valence-corrected chi connectivity index (χ0v) is 9.63. The van der Waals surface area contributed by atoms with E-state index in [9.17, 15) is 9.18 Å². The number of thiophene rings is 1. The molecule has 0 spiro atoms. The maximum atomic E-state index is 12.7. The topological polar surface area (TPSA) is 49.3 Å². The Bertz CT molecular complexity index is 522. The Morgan fingerprint density at radius 1 is 1.24 bits per heavy atom. The van der Waals surface area contributed by atoms with Gasteiger partial charge in [0.05, 0.1) is 0 Å². The maximum Gasteiger partial charge on any atom is 0.345 e. The quantitative estimate of drug-likeness (QED) is 0.877. The lowest BCUT2D eigenvalue weighted by atomic mass is 10.3. The van der Waals surface area contributed by atoms with E-state index in [1.165, 1.54) is 23.5 Å². The average molecular weight is 251 g/mol. The lowest BCUT2D eigenvalue weighted by Crippen LogP contribution is -1.97. The van der Waals surface area contributed by atoms with Crippen molar-refractivity contribution < 1.29 is 14.3 Å². The number of nitrogens with one attached hydrogen (secondary N) is 1. The maximum absolute atomic E-state index is 12.7. The number of carbonyl (C=O) groups is 1. The van der Waals surface area contributed by atoms with Crippen molar-refractivity contribution in [2.45, 2.75) is 6.54 Å². The van der Waals surface area contributed by atoms with E-state index in [4.69, 9.17) is 5.11 Å². The molecule has 17 heavy (non-hydrogen) atoms. The first-order valence-electron chi connectivity index (χ1n) is 4.96. The van der Waals surface area contributed by atoms with Crippen LogP contribution >= 0.6 is 11.3 Å². The van der Waals surface area contributed by atoms with Gasteiger partial charge >= 0.3 is 5.97 Å². The van der Waals surface area contributed by atoms with Crippen molar-refractivity contribution in [3.05, 3.63) is 52.0 Å². The highest BCUT2D eigenvalue weighted by Gasteiger charge is 2.06. The van der Waals surface area contributed by atoms with E-state index in [1.807, 2.05) is 0 Å². The molecule has 0 saturated carbocycles. The summed E-state index contributed by atoms with van der Waals surface area (Å²) in [4.78, 5) is 11.9. The van der Waals surface area contributed by atoms with Crippen molar-refractivity contribution in [3.63, 3.8) is 0 Å². The van der Waals surface area contributed by atoms with E-state index >= 15 is 0 Å². The molecular weight excluding hydrogens is 241 g/mol. The molecule has 0 radical (unpaired) electrons. The number of hydrogen-bond donors (Lipinski definition) is 2. The van der Waals surface area contributed by atoms with Crippen molar-refractivity contribution in [2.24, 2.45) is 0 Å². The average Bonchev–Trinajstić information content (AvgIpc) is 2.77. The molecular formula is C12H10FNO2S. The summed E-state index contributed by atoms with van der Waals surface area (Å²) >= 11 is 1.23. The Morgan fingerprint density at radius 3 is 2.53 bits per heavy atom. The molecule has 88 valence electrons. The molecule has 2 N–H and O–H groups in total. The molecule has 2 rings (SSSR count). The number of anilines is 1. The molecule has 0 aliphatic heterocycles. The minimum atomic E-state index is -0.914. The molecule has 3 nitrogen and oxygen atoms in total.